The lowest BCUT2D eigenvalue weighted by Crippen LogP contribution is -2.22. The molecular weight excluding hydrogens is 362 g/mol. The van der Waals surface area contributed by atoms with Crippen molar-refractivity contribution < 1.29 is 9.47 Å². The molecule has 1 aliphatic rings. The fourth-order valence-corrected chi connectivity index (χ4v) is 4.01. The van der Waals surface area contributed by atoms with Crippen LogP contribution in [0.1, 0.15) is 24.2 Å². The number of nitrogens with zero attached hydrogens (tertiary/aromatic N) is 3. The average Bonchev–Trinajstić information content (AvgIpc) is 3.37. The summed E-state index contributed by atoms with van der Waals surface area (Å²) < 4.78 is 13.9. The highest BCUT2D eigenvalue weighted by atomic mass is 16.5. The van der Waals surface area contributed by atoms with Gasteiger partial charge >= 0.3 is 0 Å². The number of ether oxygens (including phenoxy) is 2. The lowest BCUT2D eigenvalue weighted by atomic mass is 10.1. The Bertz CT molecular complexity index is 973. The molecule has 1 aromatic heterocycles. The van der Waals surface area contributed by atoms with Gasteiger partial charge in [0.2, 0.25) is 0 Å². The summed E-state index contributed by atoms with van der Waals surface area (Å²) in [5.41, 5.74) is 3.38. The summed E-state index contributed by atoms with van der Waals surface area (Å²) in [5.74, 6) is 2.65. The third kappa shape index (κ3) is 4.46. The molecule has 1 fully saturated rings. The topological polar surface area (TPSA) is 39.5 Å². The van der Waals surface area contributed by atoms with E-state index in [0.29, 0.717) is 6.61 Å². The van der Waals surface area contributed by atoms with Gasteiger partial charge in [0, 0.05) is 0 Å². The van der Waals surface area contributed by atoms with Crippen molar-refractivity contribution in [2.75, 3.05) is 26.8 Å². The van der Waals surface area contributed by atoms with Crippen molar-refractivity contribution in [2.24, 2.45) is 0 Å². The predicted octanol–water partition coefficient (Wildman–Crippen LogP) is 4.45. The lowest BCUT2D eigenvalue weighted by Gasteiger charge is -2.17. The number of rotatable bonds is 9. The smallest absolute Gasteiger partial charge is 0.161 e. The number of benzene rings is 2. The van der Waals surface area contributed by atoms with Crippen LogP contribution in [0.4, 0.5) is 0 Å². The molecule has 5 nitrogen and oxygen atoms in total. The highest BCUT2D eigenvalue weighted by Crippen LogP contribution is 2.28. The van der Waals surface area contributed by atoms with Crippen LogP contribution in [0.5, 0.6) is 11.5 Å². The van der Waals surface area contributed by atoms with Crippen molar-refractivity contribution >= 4 is 11.0 Å². The highest BCUT2D eigenvalue weighted by Gasteiger charge is 2.17. The summed E-state index contributed by atoms with van der Waals surface area (Å²) in [5, 5.41) is 0. The molecule has 0 N–H and O–H groups in total. The van der Waals surface area contributed by atoms with E-state index in [1.54, 1.807) is 7.11 Å². The van der Waals surface area contributed by atoms with E-state index >= 15 is 0 Å². The second-order valence-corrected chi connectivity index (χ2v) is 7.48. The van der Waals surface area contributed by atoms with Gasteiger partial charge in [-0.15, -0.1) is 6.58 Å². The zero-order valence-electron chi connectivity index (χ0n) is 17.1. The standard InChI is InChI=1S/C24H29N3O2/c1-3-8-19-11-12-22(23(17-19)28-2)29-16-15-27-21-10-5-4-9-20(21)25-24(27)18-26-13-6-7-14-26/h3-5,9-12,17H,1,6-8,13-16,18H2,2H3. The molecule has 3 aromatic rings. The van der Waals surface area contributed by atoms with Crippen molar-refractivity contribution in [1.82, 2.24) is 14.5 Å². The third-order valence-electron chi connectivity index (χ3n) is 5.48. The Hall–Kier alpha value is -2.79. The fourth-order valence-electron chi connectivity index (χ4n) is 4.01. The van der Waals surface area contributed by atoms with E-state index in [4.69, 9.17) is 14.5 Å². The molecule has 5 heteroatoms. The summed E-state index contributed by atoms with van der Waals surface area (Å²) >= 11 is 0. The lowest BCUT2D eigenvalue weighted by molar-refractivity contribution is 0.272. The molecule has 0 spiro atoms. The molecular formula is C24H29N3O2. The van der Waals surface area contributed by atoms with Crippen LogP contribution in [0, 0.1) is 0 Å². The number of hydrogen-bond acceptors (Lipinski definition) is 4. The molecule has 2 aromatic carbocycles. The summed E-state index contributed by atoms with van der Waals surface area (Å²) in [4.78, 5) is 7.39. The van der Waals surface area contributed by atoms with E-state index < -0.39 is 0 Å². The first-order valence-corrected chi connectivity index (χ1v) is 10.4. The average molecular weight is 392 g/mol. The number of fused-ring (bicyclic) bond motifs is 1. The van der Waals surface area contributed by atoms with Gasteiger partial charge in [0.25, 0.3) is 0 Å². The van der Waals surface area contributed by atoms with Crippen molar-refractivity contribution in [3.8, 4) is 11.5 Å². The van der Waals surface area contributed by atoms with Gasteiger partial charge < -0.3 is 14.0 Å². The summed E-state index contributed by atoms with van der Waals surface area (Å²) in [6.07, 6.45) is 5.27. The first-order chi connectivity index (χ1) is 14.3. The Balaban J connectivity index is 1.50. The van der Waals surface area contributed by atoms with Crippen molar-refractivity contribution in [3.05, 3.63) is 66.5 Å². The Morgan fingerprint density at radius 2 is 1.93 bits per heavy atom. The number of allylic oxidation sites excluding steroid dienone is 1. The van der Waals surface area contributed by atoms with Gasteiger partial charge in [0.05, 0.1) is 31.2 Å². The molecule has 0 bridgehead atoms. The minimum absolute atomic E-state index is 0.560. The zero-order valence-corrected chi connectivity index (χ0v) is 17.1. The minimum Gasteiger partial charge on any atom is -0.493 e. The Morgan fingerprint density at radius 1 is 1.10 bits per heavy atom. The minimum atomic E-state index is 0.560. The molecule has 4 rings (SSSR count). The third-order valence-corrected chi connectivity index (χ3v) is 5.48. The summed E-state index contributed by atoms with van der Waals surface area (Å²) in [7, 11) is 1.68. The first kappa shape index (κ1) is 19.5. The van der Waals surface area contributed by atoms with E-state index in [2.05, 4.69) is 40.3 Å². The number of methoxy groups -OCH3 is 1. The van der Waals surface area contributed by atoms with Crippen molar-refractivity contribution in [2.45, 2.75) is 32.4 Å². The van der Waals surface area contributed by atoms with Crippen molar-refractivity contribution in [3.63, 3.8) is 0 Å². The van der Waals surface area contributed by atoms with Gasteiger partial charge in [-0.3, -0.25) is 4.90 Å². The Labute approximate surface area is 172 Å². The summed E-state index contributed by atoms with van der Waals surface area (Å²) in [6.45, 7) is 8.33. The van der Waals surface area contributed by atoms with Crippen LogP contribution < -0.4 is 9.47 Å². The maximum Gasteiger partial charge on any atom is 0.161 e. The monoisotopic (exact) mass is 391 g/mol. The van der Waals surface area contributed by atoms with Crippen LogP contribution in [0.25, 0.3) is 11.0 Å². The molecule has 0 radical (unpaired) electrons. The molecule has 0 saturated carbocycles. The predicted molar refractivity (Wildman–Crippen MR) is 117 cm³/mol. The van der Waals surface area contributed by atoms with E-state index in [9.17, 15) is 0 Å². The SMILES string of the molecule is C=CCc1ccc(OCCn2c(CN3CCCC3)nc3ccccc32)c(OC)c1. The van der Waals surface area contributed by atoms with Crippen LogP contribution in [0.3, 0.4) is 0 Å². The molecule has 0 atom stereocenters. The molecule has 1 saturated heterocycles. The van der Waals surface area contributed by atoms with E-state index in [0.717, 1.165) is 61.0 Å². The molecule has 0 unspecified atom stereocenters. The number of para-hydroxylation sites is 2. The Kier molecular flexibility index (Phi) is 6.15. The number of aromatic nitrogens is 2. The summed E-state index contributed by atoms with van der Waals surface area (Å²) in [6, 6.07) is 14.4. The van der Waals surface area contributed by atoms with Crippen LogP contribution in [-0.4, -0.2) is 41.3 Å². The van der Waals surface area contributed by atoms with Crippen LogP contribution >= 0.6 is 0 Å². The van der Waals surface area contributed by atoms with Gasteiger partial charge in [-0.25, -0.2) is 4.98 Å². The Morgan fingerprint density at radius 3 is 2.72 bits per heavy atom. The van der Waals surface area contributed by atoms with E-state index in [1.165, 1.54) is 18.4 Å². The van der Waals surface area contributed by atoms with Gasteiger partial charge in [0.15, 0.2) is 11.5 Å². The molecule has 152 valence electrons. The van der Waals surface area contributed by atoms with Gasteiger partial charge in [-0.05, 0) is 62.2 Å². The van der Waals surface area contributed by atoms with E-state index in [-0.39, 0.29) is 0 Å². The molecule has 0 amide bonds. The van der Waals surface area contributed by atoms with Crippen molar-refractivity contribution in [1.29, 1.82) is 0 Å². The van der Waals surface area contributed by atoms with Crippen LogP contribution in [-0.2, 0) is 19.5 Å². The normalized spacial score (nSPS) is 14.4. The first-order valence-electron chi connectivity index (χ1n) is 10.4. The van der Waals surface area contributed by atoms with Crippen LogP contribution in [0.2, 0.25) is 0 Å². The number of imidazole rings is 1. The largest absolute Gasteiger partial charge is 0.493 e. The van der Waals surface area contributed by atoms with Crippen LogP contribution in [0.15, 0.2) is 55.1 Å². The molecule has 29 heavy (non-hydrogen) atoms. The van der Waals surface area contributed by atoms with E-state index in [1.807, 2.05) is 24.3 Å². The number of likely N-dealkylation sites (tertiary alicyclic amines) is 1. The quantitative estimate of drug-likeness (QED) is 0.505. The number of hydrogen-bond donors (Lipinski definition) is 0. The molecule has 0 aliphatic carbocycles. The highest BCUT2D eigenvalue weighted by molar-refractivity contribution is 5.75. The van der Waals surface area contributed by atoms with Gasteiger partial charge in [-0.2, -0.15) is 0 Å². The van der Waals surface area contributed by atoms with Gasteiger partial charge in [0.1, 0.15) is 12.4 Å². The van der Waals surface area contributed by atoms with Gasteiger partial charge in [-0.1, -0.05) is 24.3 Å². The maximum atomic E-state index is 6.10. The second-order valence-electron chi connectivity index (χ2n) is 7.48. The fraction of sp³-hybridized carbons (Fsp3) is 0.375. The molecule has 2 heterocycles. The maximum absolute atomic E-state index is 6.10. The zero-order chi connectivity index (χ0) is 20.1. The molecule has 1 aliphatic heterocycles. The second kappa shape index (κ2) is 9.14.